The summed E-state index contributed by atoms with van der Waals surface area (Å²) in [5.74, 6) is 2.40. The fourth-order valence-corrected chi connectivity index (χ4v) is 4.11. The topological polar surface area (TPSA) is 51.0 Å². The zero-order valence-electron chi connectivity index (χ0n) is 17.2. The number of aromatic nitrogens is 3. The van der Waals surface area contributed by atoms with Gasteiger partial charge in [0.2, 0.25) is 5.91 Å². The lowest BCUT2D eigenvalue weighted by Crippen LogP contribution is -2.31. The smallest absolute Gasteiger partial charge is 0.223 e. The summed E-state index contributed by atoms with van der Waals surface area (Å²) >= 11 is 0. The average Bonchev–Trinajstić information content (AvgIpc) is 3.42. The van der Waals surface area contributed by atoms with E-state index in [0.717, 1.165) is 43.1 Å². The second kappa shape index (κ2) is 8.60. The molecule has 2 aromatic heterocycles. The van der Waals surface area contributed by atoms with Gasteiger partial charge in [0.15, 0.2) is 0 Å². The Hall–Kier alpha value is -2.95. The van der Waals surface area contributed by atoms with Crippen molar-refractivity contribution in [1.29, 1.82) is 0 Å². The van der Waals surface area contributed by atoms with Crippen LogP contribution in [0.25, 0.3) is 5.82 Å². The maximum absolute atomic E-state index is 12.9. The Morgan fingerprint density at radius 1 is 1.14 bits per heavy atom. The molecule has 1 fully saturated rings. The van der Waals surface area contributed by atoms with Crippen LogP contribution >= 0.6 is 0 Å². The number of carbonyl (C=O) groups excluding carboxylic acids is 1. The van der Waals surface area contributed by atoms with E-state index in [0.29, 0.717) is 12.3 Å². The van der Waals surface area contributed by atoms with Crippen molar-refractivity contribution >= 4 is 5.91 Å². The Morgan fingerprint density at radius 2 is 1.97 bits per heavy atom. The van der Waals surface area contributed by atoms with E-state index in [4.69, 9.17) is 4.98 Å². The molecule has 0 bridgehead atoms. The Labute approximate surface area is 172 Å². The number of benzene rings is 1. The summed E-state index contributed by atoms with van der Waals surface area (Å²) in [6.07, 6.45) is 7.09. The molecule has 1 amide bonds. The minimum atomic E-state index is 0.0595. The lowest BCUT2D eigenvalue weighted by molar-refractivity contribution is -0.132. The van der Waals surface area contributed by atoms with Gasteiger partial charge in [0.05, 0.1) is 11.7 Å². The molecule has 0 saturated carbocycles. The zero-order chi connectivity index (χ0) is 20.2. The van der Waals surface area contributed by atoms with Crippen molar-refractivity contribution in [3.8, 4) is 5.82 Å². The van der Waals surface area contributed by atoms with Crippen LogP contribution in [0.5, 0.6) is 0 Å². The van der Waals surface area contributed by atoms with Gasteiger partial charge in [-0.25, -0.2) is 9.97 Å². The first-order chi connectivity index (χ1) is 14.1. The first-order valence-corrected chi connectivity index (χ1v) is 10.5. The van der Waals surface area contributed by atoms with Gasteiger partial charge in [0, 0.05) is 31.3 Å². The third-order valence-corrected chi connectivity index (χ3v) is 5.57. The predicted molar refractivity (Wildman–Crippen MR) is 114 cm³/mol. The Kier molecular flexibility index (Phi) is 5.74. The van der Waals surface area contributed by atoms with Gasteiger partial charge in [-0.2, -0.15) is 0 Å². The van der Waals surface area contributed by atoms with Crippen molar-refractivity contribution in [3.63, 3.8) is 0 Å². The first kappa shape index (κ1) is 19.4. The Bertz CT molecular complexity index is 964. The largest absolute Gasteiger partial charge is 0.334 e. The van der Waals surface area contributed by atoms with Gasteiger partial charge in [-0.15, -0.1) is 0 Å². The monoisotopic (exact) mass is 388 g/mol. The van der Waals surface area contributed by atoms with Gasteiger partial charge in [-0.1, -0.05) is 50.2 Å². The number of amides is 1. The molecular weight excluding hydrogens is 360 g/mol. The van der Waals surface area contributed by atoms with E-state index in [2.05, 4.69) is 31.0 Å². The number of nitrogens with zero attached hydrogens (tertiary/aromatic N) is 4. The minimum Gasteiger partial charge on any atom is -0.334 e. The van der Waals surface area contributed by atoms with E-state index in [9.17, 15) is 4.79 Å². The lowest BCUT2D eigenvalue weighted by atomic mass is 10.1. The molecule has 1 saturated heterocycles. The average molecular weight is 389 g/mol. The van der Waals surface area contributed by atoms with Crippen molar-refractivity contribution in [2.75, 3.05) is 6.54 Å². The third kappa shape index (κ3) is 4.24. The van der Waals surface area contributed by atoms with E-state index in [1.165, 1.54) is 5.56 Å². The molecule has 0 N–H and O–H groups in total. The van der Waals surface area contributed by atoms with Gasteiger partial charge < -0.3 is 4.90 Å². The summed E-state index contributed by atoms with van der Waals surface area (Å²) in [4.78, 5) is 24.4. The van der Waals surface area contributed by atoms with Gasteiger partial charge in [0.1, 0.15) is 11.6 Å². The number of pyridine rings is 1. The summed E-state index contributed by atoms with van der Waals surface area (Å²) < 4.78 is 2.05. The fourth-order valence-electron chi connectivity index (χ4n) is 4.11. The minimum absolute atomic E-state index is 0.0595. The molecule has 5 nitrogen and oxygen atoms in total. The van der Waals surface area contributed by atoms with E-state index >= 15 is 0 Å². The molecule has 1 atom stereocenters. The number of imidazole rings is 1. The number of hydrogen-bond donors (Lipinski definition) is 0. The van der Waals surface area contributed by atoms with Crippen molar-refractivity contribution in [2.24, 2.45) is 0 Å². The maximum atomic E-state index is 12.9. The molecule has 4 rings (SSSR count). The van der Waals surface area contributed by atoms with E-state index in [-0.39, 0.29) is 11.9 Å². The highest BCUT2D eigenvalue weighted by atomic mass is 16.2. The highest BCUT2D eigenvalue weighted by Crippen LogP contribution is 2.32. The van der Waals surface area contributed by atoms with Gasteiger partial charge in [0.25, 0.3) is 0 Å². The van der Waals surface area contributed by atoms with Crippen LogP contribution in [0.15, 0.2) is 60.9 Å². The predicted octanol–water partition coefficient (Wildman–Crippen LogP) is 4.69. The molecule has 0 unspecified atom stereocenters. The van der Waals surface area contributed by atoms with Crippen molar-refractivity contribution in [3.05, 3.63) is 78.0 Å². The van der Waals surface area contributed by atoms with Gasteiger partial charge in [-0.3, -0.25) is 9.36 Å². The molecule has 1 aliphatic rings. The number of likely N-dealkylation sites (tertiary alicyclic amines) is 1. The SMILES string of the molecule is CC(C)c1nccn1-c1cccc([C@@H]2CCCN2C(=O)CCc2ccccc2)n1. The number of carbonyl (C=O) groups is 1. The standard InChI is InChI=1S/C24H28N4O/c1-18(2)24-25-15-17-28(24)22-12-6-10-20(26-22)21-11-7-16-27(21)23(29)14-13-19-8-4-3-5-9-19/h3-6,8-10,12,15,17-18,21H,7,11,13-14,16H2,1-2H3/t21-/m0/s1. The fraction of sp³-hybridized carbons (Fsp3) is 0.375. The molecule has 29 heavy (non-hydrogen) atoms. The van der Waals surface area contributed by atoms with Crippen LogP contribution in [0.4, 0.5) is 0 Å². The Morgan fingerprint density at radius 3 is 2.76 bits per heavy atom. The van der Waals surface area contributed by atoms with Gasteiger partial charge >= 0.3 is 0 Å². The summed E-state index contributed by atoms with van der Waals surface area (Å²) in [7, 11) is 0. The second-order valence-electron chi connectivity index (χ2n) is 7.96. The zero-order valence-corrected chi connectivity index (χ0v) is 17.2. The van der Waals surface area contributed by atoms with Crippen molar-refractivity contribution < 1.29 is 4.79 Å². The molecule has 0 radical (unpaired) electrons. The summed E-state index contributed by atoms with van der Waals surface area (Å²) in [6, 6.07) is 16.4. The molecule has 0 spiro atoms. The quantitative estimate of drug-likeness (QED) is 0.616. The van der Waals surface area contributed by atoms with E-state index in [1.54, 1.807) is 0 Å². The summed E-state index contributed by atoms with van der Waals surface area (Å²) in [5, 5.41) is 0. The second-order valence-corrected chi connectivity index (χ2v) is 7.96. The van der Waals surface area contributed by atoms with Crippen LogP contribution < -0.4 is 0 Å². The van der Waals surface area contributed by atoms with Crippen LogP contribution in [0, 0.1) is 0 Å². The van der Waals surface area contributed by atoms with Crippen LogP contribution in [-0.4, -0.2) is 31.9 Å². The number of rotatable bonds is 6. The normalized spacial score (nSPS) is 16.5. The molecule has 1 aliphatic heterocycles. The van der Waals surface area contributed by atoms with Crippen LogP contribution in [-0.2, 0) is 11.2 Å². The molecule has 3 heterocycles. The van der Waals surface area contributed by atoms with E-state index < -0.39 is 0 Å². The van der Waals surface area contributed by atoms with Crippen LogP contribution in [0.1, 0.15) is 62.2 Å². The maximum Gasteiger partial charge on any atom is 0.223 e. The highest BCUT2D eigenvalue weighted by Gasteiger charge is 2.30. The number of aryl methyl sites for hydroxylation is 1. The molecule has 5 heteroatoms. The van der Waals surface area contributed by atoms with Crippen molar-refractivity contribution in [2.45, 2.75) is 51.5 Å². The summed E-state index contributed by atoms with van der Waals surface area (Å²) in [6.45, 7) is 5.08. The van der Waals surface area contributed by atoms with Crippen LogP contribution in [0.2, 0.25) is 0 Å². The molecule has 1 aromatic carbocycles. The molecule has 150 valence electrons. The third-order valence-electron chi connectivity index (χ3n) is 5.57. The van der Waals surface area contributed by atoms with Crippen molar-refractivity contribution in [1.82, 2.24) is 19.4 Å². The molecule has 0 aliphatic carbocycles. The van der Waals surface area contributed by atoms with Crippen LogP contribution in [0.3, 0.4) is 0 Å². The summed E-state index contributed by atoms with van der Waals surface area (Å²) in [5.41, 5.74) is 2.18. The van der Waals surface area contributed by atoms with Gasteiger partial charge in [-0.05, 0) is 37.0 Å². The first-order valence-electron chi connectivity index (χ1n) is 10.5. The lowest BCUT2D eigenvalue weighted by Gasteiger charge is -2.25. The Balaban J connectivity index is 1.51. The highest BCUT2D eigenvalue weighted by molar-refractivity contribution is 5.77. The number of hydrogen-bond acceptors (Lipinski definition) is 3. The molecule has 3 aromatic rings. The van der Waals surface area contributed by atoms with E-state index in [1.807, 2.05) is 58.3 Å². The molecular formula is C24H28N4O.